The molecule has 146 valence electrons. The van der Waals surface area contributed by atoms with E-state index < -0.39 is 11.9 Å². The van der Waals surface area contributed by atoms with Gasteiger partial charge in [0, 0.05) is 30.6 Å². The van der Waals surface area contributed by atoms with E-state index in [1.807, 2.05) is 0 Å². The Morgan fingerprint density at radius 3 is 2.61 bits per heavy atom. The maximum absolute atomic E-state index is 12.9. The Morgan fingerprint density at radius 1 is 1.21 bits per heavy atom. The first-order valence-electron chi connectivity index (χ1n) is 8.44. The summed E-state index contributed by atoms with van der Waals surface area (Å²) in [7, 11) is 2.83. The van der Waals surface area contributed by atoms with E-state index >= 15 is 0 Å². The van der Waals surface area contributed by atoms with Gasteiger partial charge in [0.05, 0.1) is 25.0 Å². The summed E-state index contributed by atoms with van der Waals surface area (Å²) < 4.78 is 11.2. The van der Waals surface area contributed by atoms with E-state index in [9.17, 15) is 14.4 Å². The number of rotatable bonds is 6. The van der Waals surface area contributed by atoms with Gasteiger partial charge in [-0.15, -0.1) is 0 Å². The molecule has 8 nitrogen and oxygen atoms in total. The number of aryl methyl sites for hydroxylation is 1. The molecule has 1 aromatic carbocycles. The van der Waals surface area contributed by atoms with Gasteiger partial charge in [0.1, 0.15) is 4.88 Å². The fourth-order valence-corrected chi connectivity index (χ4v) is 3.66. The second-order valence-corrected chi connectivity index (χ2v) is 6.96. The number of amides is 1. The summed E-state index contributed by atoms with van der Waals surface area (Å²) in [6, 6.07) is 6.92. The van der Waals surface area contributed by atoms with Gasteiger partial charge in [0.2, 0.25) is 0 Å². The summed E-state index contributed by atoms with van der Waals surface area (Å²) in [5.41, 5.74) is 0.614. The Bertz CT molecular complexity index is 1100. The minimum Gasteiger partial charge on any atom is -0.465 e. The number of methoxy groups -OCH3 is 2. The quantitative estimate of drug-likeness (QED) is 0.637. The molecule has 0 bridgehead atoms. The molecular formula is C19H19N3O5S. The Hall–Kier alpha value is -3.04. The predicted octanol–water partition coefficient (Wildman–Crippen LogP) is 2.45. The molecule has 9 heteroatoms. The lowest BCUT2D eigenvalue weighted by Crippen LogP contribution is -2.25. The van der Waals surface area contributed by atoms with Gasteiger partial charge in [0.15, 0.2) is 5.13 Å². The van der Waals surface area contributed by atoms with Gasteiger partial charge in [-0.05, 0) is 13.0 Å². The van der Waals surface area contributed by atoms with Crippen molar-refractivity contribution in [3.8, 4) is 0 Å². The predicted molar refractivity (Wildman–Crippen MR) is 106 cm³/mol. The number of ether oxygens (including phenoxy) is 2. The summed E-state index contributed by atoms with van der Waals surface area (Å²) in [6.07, 6.45) is 1.51. The molecular weight excluding hydrogens is 382 g/mol. The number of nitrogens with one attached hydrogen (secondary N) is 1. The molecule has 0 aliphatic carbocycles. The van der Waals surface area contributed by atoms with Crippen LogP contribution in [0.15, 0.2) is 35.3 Å². The number of thiazole rings is 1. The Balaban J connectivity index is 2.00. The van der Waals surface area contributed by atoms with Crippen LogP contribution in [0.2, 0.25) is 0 Å². The highest BCUT2D eigenvalue weighted by Gasteiger charge is 2.19. The number of hydrogen-bond acceptors (Lipinski definition) is 7. The molecule has 0 spiro atoms. The Morgan fingerprint density at radius 2 is 1.93 bits per heavy atom. The highest BCUT2D eigenvalue weighted by atomic mass is 32.1. The van der Waals surface area contributed by atoms with Crippen molar-refractivity contribution in [1.29, 1.82) is 0 Å². The number of carbonyl (C=O) groups excluding carboxylic acids is 2. The standard InChI is InChI=1S/C19H19N3O5S/c1-11-15(18(25)27-3)28-19(20-11)21-16(23)14-10-22(8-9-26-2)17(24)13-7-5-4-6-12(13)14/h4-7,10H,8-9H2,1-3H3,(H,20,21,23). The molecule has 0 saturated heterocycles. The molecule has 0 aliphatic rings. The van der Waals surface area contributed by atoms with E-state index in [1.54, 1.807) is 38.3 Å². The van der Waals surface area contributed by atoms with Crippen molar-refractivity contribution in [2.45, 2.75) is 13.5 Å². The summed E-state index contributed by atoms with van der Waals surface area (Å²) >= 11 is 1.04. The fourth-order valence-electron chi connectivity index (χ4n) is 2.78. The van der Waals surface area contributed by atoms with E-state index in [2.05, 4.69) is 10.3 Å². The number of aromatic nitrogens is 2. The van der Waals surface area contributed by atoms with Crippen LogP contribution >= 0.6 is 11.3 Å². The first-order valence-corrected chi connectivity index (χ1v) is 9.26. The molecule has 3 aromatic rings. The lowest BCUT2D eigenvalue weighted by molar-refractivity contribution is 0.0605. The zero-order valence-electron chi connectivity index (χ0n) is 15.6. The number of carbonyl (C=O) groups is 2. The minimum atomic E-state index is -0.505. The highest BCUT2D eigenvalue weighted by Crippen LogP contribution is 2.24. The molecule has 0 fully saturated rings. The zero-order valence-corrected chi connectivity index (χ0v) is 16.5. The van der Waals surface area contributed by atoms with Crippen molar-refractivity contribution in [2.75, 3.05) is 26.1 Å². The van der Waals surface area contributed by atoms with Crippen LogP contribution < -0.4 is 10.9 Å². The van der Waals surface area contributed by atoms with Gasteiger partial charge in [0.25, 0.3) is 11.5 Å². The lowest BCUT2D eigenvalue weighted by Gasteiger charge is -2.11. The fraction of sp³-hybridized carbons (Fsp3) is 0.263. The summed E-state index contributed by atoms with van der Waals surface area (Å²) in [5, 5.41) is 3.97. The number of hydrogen-bond donors (Lipinski definition) is 1. The van der Waals surface area contributed by atoms with Crippen LogP contribution in [0.3, 0.4) is 0 Å². The highest BCUT2D eigenvalue weighted by molar-refractivity contribution is 7.17. The SMILES string of the molecule is COCCn1cc(C(=O)Nc2nc(C)c(C(=O)OC)s2)c2ccccc2c1=O. The summed E-state index contributed by atoms with van der Waals surface area (Å²) in [4.78, 5) is 41.8. The van der Waals surface area contributed by atoms with E-state index in [0.717, 1.165) is 11.3 Å². The average Bonchev–Trinajstić information content (AvgIpc) is 3.06. The molecule has 2 heterocycles. The van der Waals surface area contributed by atoms with Crippen LogP contribution in [0, 0.1) is 6.92 Å². The number of esters is 1. The number of benzene rings is 1. The lowest BCUT2D eigenvalue weighted by atomic mass is 10.1. The number of pyridine rings is 1. The van der Waals surface area contributed by atoms with Crippen molar-refractivity contribution < 1.29 is 19.1 Å². The maximum Gasteiger partial charge on any atom is 0.350 e. The van der Waals surface area contributed by atoms with E-state index in [1.165, 1.54) is 17.9 Å². The zero-order chi connectivity index (χ0) is 20.3. The summed E-state index contributed by atoms with van der Waals surface area (Å²) in [6.45, 7) is 2.33. The van der Waals surface area contributed by atoms with Gasteiger partial charge in [-0.2, -0.15) is 0 Å². The molecule has 0 saturated carbocycles. The van der Waals surface area contributed by atoms with Crippen LogP contribution in [0.5, 0.6) is 0 Å². The molecule has 1 amide bonds. The third-order valence-corrected chi connectivity index (χ3v) is 5.22. The maximum atomic E-state index is 12.9. The Labute approximate surface area is 164 Å². The molecule has 2 aromatic heterocycles. The van der Waals surface area contributed by atoms with Crippen LogP contribution in [-0.2, 0) is 16.0 Å². The minimum absolute atomic E-state index is 0.192. The van der Waals surface area contributed by atoms with E-state index in [4.69, 9.17) is 9.47 Å². The van der Waals surface area contributed by atoms with Crippen molar-refractivity contribution >= 4 is 39.1 Å². The first-order chi connectivity index (χ1) is 13.5. The number of fused-ring (bicyclic) bond motifs is 1. The summed E-state index contributed by atoms with van der Waals surface area (Å²) in [5.74, 6) is -0.929. The first kappa shape index (κ1) is 19.7. The third-order valence-electron chi connectivity index (χ3n) is 4.16. The van der Waals surface area contributed by atoms with Crippen LogP contribution in [0.1, 0.15) is 25.7 Å². The van der Waals surface area contributed by atoms with Gasteiger partial charge in [-0.1, -0.05) is 29.5 Å². The van der Waals surface area contributed by atoms with Crippen LogP contribution in [-0.4, -0.2) is 42.3 Å². The largest absolute Gasteiger partial charge is 0.465 e. The van der Waals surface area contributed by atoms with Crippen molar-refractivity contribution in [3.63, 3.8) is 0 Å². The molecule has 0 atom stereocenters. The monoisotopic (exact) mass is 401 g/mol. The second kappa shape index (κ2) is 8.32. The van der Waals surface area contributed by atoms with Gasteiger partial charge in [-0.3, -0.25) is 14.9 Å². The normalized spacial score (nSPS) is 10.8. The van der Waals surface area contributed by atoms with E-state index in [-0.39, 0.29) is 10.7 Å². The van der Waals surface area contributed by atoms with E-state index in [0.29, 0.717) is 40.1 Å². The molecule has 0 aliphatic heterocycles. The van der Waals surface area contributed by atoms with Crippen LogP contribution in [0.25, 0.3) is 10.8 Å². The molecule has 0 radical (unpaired) electrons. The average molecular weight is 401 g/mol. The van der Waals surface area contributed by atoms with Gasteiger partial charge in [-0.25, -0.2) is 9.78 Å². The number of nitrogens with zero attached hydrogens (tertiary/aromatic N) is 2. The smallest absolute Gasteiger partial charge is 0.350 e. The molecule has 0 unspecified atom stereocenters. The third kappa shape index (κ3) is 3.80. The molecule has 1 N–H and O–H groups in total. The molecule has 3 rings (SSSR count). The Kier molecular flexibility index (Phi) is 5.86. The second-order valence-electron chi connectivity index (χ2n) is 5.96. The number of anilines is 1. The van der Waals surface area contributed by atoms with Crippen molar-refractivity contribution in [3.05, 3.63) is 57.0 Å². The van der Waals surface area contributed by atoms with Crippen LogP contribution in [0.4, 0.5) is 5.13 Å². The topological polar surface area (TPSA) is 99.5 Å². The van der Waals surface area contributed by atoms with Gasteiger partial charge < -0.3 is 14.0 Å². The van der Waals surface area contributed by atoms with Gasteiger partial charge >= 0.3 is 5.97 Å². The molecule has 28 heavy (non-hydrogen) atoms. The van der Waals surface area contributed by atoms with Crippen molar-refractivity contribution in [2.24, 2.45) is 0 Å². The van der Waals surface area contributed by atoms with Crippen molar-refractivity contribution in [1.82, 2.24) is 9.55 Å².